The summed E-state index contributed by atoms with van der Waals surface area (Å²) < 4.78 is 13.3. The van der Waals surface area contributed by atoms with Crippen LogP contribution in [0.25, 0.3) is 0 Å². The fourth-order valence-corrected chi connectivity index (χ4v) is 1.87. The van der Waals surface area contributed by atoms with Crippen LogP contribution >= 0.6 is 11.6 Å². The number of rotatable bonds is 2. The second-order valence-corrected chi connectivity index (χ2v) is 4.60. The lowest BCUT2D eigenvalue weighted by Gasteiger charge is -2.09. The molecule has 0 unspecified atom stereocenters. The quantitative estimate of drug-likeness (QED) is 0.911. The molecule has 0 fully saturated rings. The van der Waals surface area contributed by atoms with Crippen LogP contribution in [-0.4, -0.2) is 5.91 Å². The second-order valence-electron chi connectivity index (χ2n) is 4.19. The molecule has 3 nitrogen and oxygen atoms in total. The third kappa shape index (κ3) is 2.79. The number of anilines is 1. The molecular formula is C15H10ClFN2O. The molecule has 0 aliphatic rings. The van der Waals surface area contributed by atoms with Crippen molar-refractivity contribution in [1.82, 2.24) is 0 Å². The molecule has 2 aromatic carbocycles. The van der Waals surface area contributed by atoms with Crippen LogP contribution in [0.2, 0.25) is 5.02 Å². The first-order valence-corrected chi connectivity index (χ1v) is 6.17. The summed E-state index contributed by atoms with van der Waals surface area (Å²) in [5, 5.41) is 11.6. The number of amides is 1. The Morgan fingerprint density at radius 3 is 2.75 bits per heavy atom. The molecule has 2 rings (SSSR count). The van der Waals surface area contributed by atoms with E-state index in [-0.39, 0.29) is 10.6 Å². The van der Waals surface area contributed by atoms with Gasteiger partial charge in [0, 0.05) is 5.56 Å². The Morgan fingerprint density at radius 2 is 2.10 bits per heavy atom. The minimum atomic E-state index is -0.663. The Bertz CT molecular complexity index is 722. The first kappa shape index (κ1) is 14.0. The van der Waals surface area contributed by atoms with E-state index in [4.69, 9.17) is 16.9 Å². The predicted molar refractivity (Wildman–Crippen MR) is 75.3 cm³/mol. The van der Waals surface area contributed by atoms with Gasteiger partial charge in [0.2, 0.25) is 0 Å². The number of carbonyl (C=O) groups is 1. The molecule has 20 heavy (non-hydrogen) atoms. The molecule has 0 heterocycles. The third-order valence-corrected chi connectivity index (χ3v) is 3.12. The van der Waals surface area contributed by atoms with Crippen molar-refractivity contribution in [2.24, 2.45) is 0 Å². The maximum atomic E-state index is 13.3. The number of benzene rings is 2. The zero-order valence-corrected chi connectivity index (χ0v) is 11.3. The second kappa shape index (κ2) is 5.72. The highest BCUT2D eigenvalue weighted by atomic mass is 35.5. The van der Waals surface area contributed by atoms with Crippen LogP contribution in [0.5, 0.6) is 0 Å². The highest BCUT2D eigenvalue weighted by molar-refractivity contribution is 6.30. The Kier molecular flexibility index (Phi) is 4.02. The van der Waals surface area contributed by atoms with E-state index >= 15 is 0 Å². The molecule has 0 radical (unpaired) electrons. The first-order chi connectivity index (χ1) is 9.52. The van der Waals surface area contributed by atoms with Crippen LogP contribution in [-0.2, 0) is 0 Å². The molecule has 0 saturated carbocycles. The van der Waals surface area contributed by atoms with Crippen LogP contribution in [0.4, 0.5) is 10.1 Å². The van der Waals surface area contributed by atoms with Gasteiger partial charge >= 0.3 is 0 Å². The monoisotopic (exact) mass is 288 g/mol. The molecule has 2 aromatic rings. The van der Waals surface area contributed by atoms with Gasteiger partial charge in [-0.15, -0.1) is 0 Å². The number of aryl methyl sites for hydroxylation is 1. The van der Waals surface area contributed by atoms with Crippen LogP contribution in [0.15, 0.2) is 36.4 Å². The van der Waals surface area contributed by atoms with E-state index in [1.165, 1.54) is 12.1 Å². The number of nitrogens with zero attached hydrogens (tertiary/aromatic N) is 1. The van der Waals surface area contributed by atoms with Gasteiger partial charge in [0.1, 0.15) is 11.9 Å². The van der Waals surface area contributed by atoms with Crippen LogP contribution in [0.3, 0.4) is 0 Å². The molecule has 0 aliphatic heterocycles. The number of nitrogens with one attached hydrogen (secondary N) is 1. The summed E-state index contributed by atoms with van der Waals surface area (Å²) in [6, 6.07) is 10.9. The Hall–Kier alpha value is -2.38. The molecule has 1 amide bonds. The average molecular weight is 289 g/mol. The van der Waals surface area contributed by atoms with Gasteiger partial charge in [-0.25, -0.2) is 4.39 Å². The van der Waals surface area contributed by atoms with Gasteiger partial charge in [-0.1, -0.05) is 23.7 Å². The van der Waals surface area contributed by atoms with Gasteiger partial charge in [0.05, 0.1) is 16.3 Å². The molecule has 0 aliphatic carbocycles. The minimum Gasteiger partial charge on any atom is -0.321 e. The smallest absolute Gasteiger partial charge is 0.255 e. The number of hydrogen-bond donors (Lipinski definition) is 1. The normalized spacial score (nSPS) is 9.90. The van der Waals surface area contributed by atoms with Gasteiger partial charge in [-0.05, 0) is 36.8 Å². The topological polar surface area (TPSA) is 52.9 Å². The highest BCUT2D eigenvalue weighted by Gasteiger charge is 2.12. The third-order valence-electron chi connectivity index (χ3n) is 2.81. The summed E-state index contributed by atoms with van der Waals surface area (Å²) in [6.45, 7) is 1.77. The van der Waals surface area contributed by atoms with Crippen LogP contribution in [0, 0.1) is 24.1 Å². The van der Waals surface area contributed by atoms with Crippen molar-refractivity contribution in [3.8, 4) is 6.07 Å². The van der Waals surface area contributed by atoms with E-state index in [1.54, 1.807) is 25.1 Å². The van der Waals surface area contributed by atoms with E-state index in [0.717, 1.165) is 11.6 Å². The number of halogens is 2. The SMILES string of the molecule is Cc1cccc(NC(=O)c2ccc(Cl)c(F)c2)c1C#N. The molecule has 1 N–H and O–H groups in total. The van der Waals surface area contributed by atoms with Crippen molar-refractivity contribution in [2.45, 2.75) is 6.92 Å². The lowest BCUT2D eigenvalue weighted by atomic mass is 10.1. The molecule has 0 bridgehead atoms. The summed E-state index contributed by atoms with van der Waals surface area (Å²) in [4.78, 5) is 12.0. The summed E-state index contributed by atoms with van der Waals surface area (Å²) in [6.07, 6.45) is 0. The number of hydrogen-bond acceptors (Lipinski definition) is 2. The van der Waals surface area contributed by atoms with Crippen molar-refractivity contribution in [1.29, 1.82) is 5.26 Å². The van der Waals surface area contributed by atoms with Crippen molar-refractivity contribution in [3.05, 3.63) is 63.9 Å². The van der Waals surface area contributed by atoms with Gasteiger partial charge in [-0.3, -0.25) is 4.79 Å². The molecule has 0 atom stereocenters. The Morgan fingerprint density at radius 1 is 1.35 bits per heavy atom. The molecule has 0 aromatic heterocycles. The van der Waals surface area contributed by atoms with Crippen molar-refractivity contribution in [3.63, 3.8) is 0 Å². The number of carbonyl (C=O) groups excluding carboxylic acids is 1. The van der Waals surface area contributed by atoms with Crippen molar-refractivity contribution < 1.29 is 9.18 Å². The molecule has 100 valence electrons. The van der Waals surface area contributed by atoms with E-state index in [2.05, 4.69) is 5.32 Å². The summed E-state index contributed by atoms with van der Waals surface area (Å²) in [7, 11) is 0. The van der Waals surface area contributed by atoms with E-state index in [9.17, 15) is 9.18 Å². The van der Waals surface area contributed by atoms with Crippen LogP contribution in [0.1, 0.15) is 21.5 Å². The molecule has 0 spiro atoms. The fourth-order valence-electron chi connectivity index (χ4n) is 1.75. The molecular weight excluding hydrogens is 279 g/mol. The summed E-state index contributed by atoms with van der Waals surface area (Å²) in [5.74, 6) is -1.16. The van der Waals surface area contributed by atoms with Gasteiger partial charge in [0.15, 0.2) is 0 Å². The first-order valence-electron chi connectivity index (χ1n) is 5.79. The lowest BCUT2D eigenvalue weighted by molar-refractivity contribution is 0.102. The Labute approximate surface area is 120 Å². The van der Waals surface area contributed by atoms with E-state index in [1.807, 2.05) is 6.07 Å². The molecule has 0 saturated heterocycles. The van der Waals surface area contributed by atoms with Crippen molar-refractivity contribution >= 4 is 23.2 Å². The average Bonchev–Trinajstić information content (AvgIpc) is 2.42. The Balaban J connectivity index is 2.31. The van der Waals surface area contributed by atoms with Gasteiger partial charge in [-0.2, -0.15) is 5.26 Å². The van der Waals surface area contributed by atoms with Crippen molar-refractivity contribution in [2.75, 3.05) is 5.32 Å². The zero-order valence-electron chi connectivity index (χ0n) is 10.6. The maximum Gasteiger partial charge on any atom is 0.255 e. The summed E-state index contributed by atoms with van der Waals surface area (Å²) in [5.41, 5.74) is 1.67. The number of nitriles is 1. The van der Waals surface area contributed by atoms with E-state index in [0.29, 0.717) is 11.3 Å². The molecule has 5 heteroatoms. The highest BCUT2D eigenvalue weighted by Crippen LogP contribution is 2.20. The predicted octanol–water partition coefficient (Wildman–Crippen LogP) is 3.91. The van der Waals surface area contributed by atoms with E-state index < -0.39 is 11.7 Å². The van der Waals surface area contributed by atoms with Crippen LogP contribution < -0.4 is 5.32 Å². The van der Waals surface area contributed by atoms with Gasteiger partial charge in [0.25, 0.3) is 5.91 Å². The largest absolute Gasteiger partial charge is 0.321 e. The fraction of sp³-hybridized carbons (Fsp3) is 0.0667. The minimum absolute atomic E-state index is 0.0465. The standard InChI is InChI=1S/C15H10ClFN2O/c1-9-3-2-4-14(11(9)8-18)19-15(20)10-5-6-12(16)13(17)7-10/h2-7H,1H3,(H,19,20). The summed E-state index contributed by atoms with van der Waals surface area (Å²) >= 11 is 5.56. The lowest BCUT2D eigenvalue weighted by Crippen LogP contribution is -2.13. The zero-order chi connectivity index (χ0) is 14.7. The van der Waals surface area contributed by atoms with Gasteiger partial charge < -0.3 is 5.32 Å². The maximum absolute atomic E-state index is 13.3.